The molecule has 0 aromatic heterocycles. The lowest BCUT2D eigenvalue weighted by Crippen LogP contribution is -2.63. The number of piperidine rings is 2. The number of hydrogen-bond donors (Lipinski definition) is 3. The fraction of sp³-hybridized carbons (Fsp3) is 0.783. The molecule has 4 atom stereocenters. The molecule has 0 unspecified atom stereocenters. The van der Waals surface area contributed by atoms with Gasteiger partial charge in [0.15, 0.2) is 0 Å². The molecule has 4 heterocycles. The molecule has 4 rings (SSSR count). The maximum Gasteiger partial charge on any atom is 0.353 e. The van der Waals surface area contributed by atoms with Crippen molar-refractivity contribution in [1.29, 1.82) is 0 Å². The first-order valence-corrected chi connectivity index (χ1v) is 12.9. The minimum atomic E-state index is -1.05. The van der Waals surface area contributed by atoms with E-state index in [2.05, 4.69) is 9.80 Å². The molecular formula is C23H36N4O5S. The number of aliphatic carboxylic acids is 1. The number of β-lactam (4-membered cyclic amide) rings is 1. The van der Waals surface area contributed by atoms with Crippen molar-refractivity contribution in [2.45, 2.75) is 56.9 Å². The van der Waals surface area contributed by atoms with E-state index in [1.165, 1.54) is 4.90 Å². The lowest BCUT2D eigenvalue weighted by molar-refractivity contribution is -0.163. The lowest BCUT2D eigenvalue weighted by Gasteiger charge is -2.46. The summed E-state index contributed by atoms with van der Waals surface area (Å²) in [4.78, 5) is 42.5. The second-order valence-corrected chi connectivity index (χ2v) is 11.4. The van der Waals surface area contributed by atoms with E-state index in [4.69, 9.17) is 5.73 Å². The van der Waals surface area contributed by atoms with Crippen LogP contribution in [-0.4, -0.2) is 99.4 Å². The van der Waals surface area contributed by atoms with Crippen LogP contribution in [0.3, 0.4) is 0 Å². The van der Waals surface area contributed by atoms with Crippen molar-refractivity contribution >= 4 is 29.5 Å². The van der Waals surface area contributed by atoms with Crippen LogP contribution in [0.25, 0.3) is 0 Å². The molecule has 0 aromatic rings. The number of carboxylic acids is 1. The Balaban J connectivity index is 1.29. The van der Waals surface area contributed by atoms with Crippen LogP contribution in [0, 0.1) is 17.8 Å². The number of carbonyl (C=O) groups excluding carboxylic acids is 2. The highest BCUT2D eigenvalue weighted by molar-refractivity contribution is 8.03. The van der Waals surface area contributed by atoms with E-state index in [-0.39, 0.29) is 29.5 Å². The Morgan fingerprint density at radius 2 is 1.73 bits per heavy atom. The van der Waals surface area contributed by atoms with Crippen LogP contribution in [0.1, 0.15) is 39.5 Å². The summed E-state index contributed by atoms with van der Waals surface area (Å²) < 4.78 is 0. The zero-order valence-electron chi connectivity index (χ0n) is 19.5. The van der Waals surface area contributed by atoms with Crippen LogP contribution in [0.15, 0.2) is 10.6 Å². The number of aliphatic hydroxyl groups excluding tert-OH is 1. The fourth-order valence-electron chi connectivity index (χ4n) is 5.98. The summed E-state index contributed by atoms with van der Waals surface area (Å²) in [6.07, 6.45) is 3.39. The summed E-state index contributed by atoms with van der Waals surface area (Å²) in [5.74, 6) is -1.52. The first kappa shape index (κ1) is 24.5. The number of aliphatic hydroxyl groups is 1. The summed E-state index contributed by atoms with van der Waals surface area (Å²) in [5, 5.41) is 20.2. The van der Waals surface area contributed by atoms with Crippen LogP contribution >= 0.6 is 11.8 Å². The topological polar surface area (TPSA) is 127 Å². The monoisotopic (exact) mass is 480 g/mol. The molecule has 10 heteroatoms. The molecule has 0 spiro atoms. The molecule has 4 aliphatic rings. The highest BCUT2D eigenvalue weighted by atomic mass is 32.2. The van der Waals surface area contributed by atoms with Crippen molar-refractivity contribution < 1.29 is 24.6 Å². The van der Waals surface area contributed by atoms with Gasteiger partial charge >= 0.3 is 5.97 Å². The van der Waals surface area contributed by atoms with E-state index in [1.54, 1.807) is 18.7 Å². The van der Waals surface area contributed by atoms with Gasteiger partial charge in [0.25, 0.3) is 0 Å². The minimum Gasteiger partial charge on any atom is -0.477 e. The summed E-state index contributed by atoms with van der Waals surface area (Å²) in [6.45, 7) is 8.84. The predicted octanol–water partition coefficient (Wildman–Crippen LogP) is 0.535. The third-order valence-electron chi connectivity index (χ3n) is 7.74. The van der Waals surface area contributed by atoms with Crippen molar-refractivity contribution in [1.82, 2.24) is 14.7 Å². The Labute approximate surface area is 199 Å². The molecule has 0 aromatic carbocycles. The summed E-state index contributed by atoms with van der Waals surface area (Å²) >= 11 is 1.64. The zero-order chi connectivity index (χ0) is 23.9. The van der Waals surface area contributed by atoms with E-state index in [1.807, 2.05) is 6.92 Å². The van der Waals surface area contributed by atoms with E-state index in [9.17, 15) is 24.6 Å². The number of nitrogens with zero attached hydrogens (tertiary/aromatic N) is 3. The average Bonchev–Trinajstić information content (AvgIpc) is 2.99. The normalized spacial score (nSPS) is 30.9. The Kier molecular flexibility index (Phi) is 7.38. The lowest BCUT2D eigenvalue weighted by atomic mass is 9.79. The number of likely N-dealkylation sites (tertiary alicyclic amines) is 2. The van der Waals surface area contributed by atoms with E-state index in [0.717, 1.165) is 63.3 Å². The number of hydrogen-bond acceptors (Lipinski definition) is 7. The third-order valence-corrected chi connectivity index (χ3v) is 9.37. The van der Waals surface area contributed by atoms with Gasteiger partial charge in [-0.25, -0.2) is 4.79 Å². The van der Waals surface area contributed by atoms with Gasteiger partial charge in [-0.1, -0.05) is 6.92 Å². The second kappa shape index (κ2) is 9.93. The van der Waals surface area contributed by atoms with Gasteiger partial charge in [0.05, 0.1) is 24.6 Å². The molecule has 9 nitrogen and oxygen atoms in total. The molecule has 0 saturated carbocycles. The Morgan fingerprint density at radius 1 is 1.12 bits per heavy atom. The maximum absolute atomic E-state index is 12.5. The smallest absolute Gasteiger partial charge is 0.353 e. The number of thioether (sulfide) groups is 1. The van der Waals surface area contributed by atoms with Gasteiger partial charge in [-0.15, -0.1) is 11.8 Å². The molecule has 0 aliphatic carbocycles. The summed E-state index contributed by atoms with van der Waals surface area (Å²) in [5.41, 5.74) is 5.43. The van der Waals surface area contributed by atoms with Crippen molar-refractivity contribution in [3.8, 4) is 0 Å². The van der Waals surface area contributed by atoms with Crippen molar-refractivity contribution in [2.75, 3.05) is 39.3 Å². The van der Waals surface area contributed by atoms with Gasteiger partial charge in [-0.3, -0.25) is 14.5 Å². The van der Waals surface area contributed by atoms with Gasteiger partial charge in [-0.05, 0) is 64.7 Å². The first-order chi connectivity index (χ1) is 15.7. The van der Waals surface area contributed by atoms with Crippen LogP contribution in [0.5, 0.6) is 0 Å². The highest BCUT2D eigenvalue weighted by Gasteiger charge is 2.60. The van der Waals surface area contributed by atoms with Gasteiger partial charge in [0.2, 0.25) is 11.8 Å². The molecule has 0 bridgehead atoms. The molecule has 0 radical (unpaired) electrons. The summed E-state index contributed by atoms with van der Waals surface area (Å²) in [7, 11) is 0. The van der Waals surface area contributed by atoms with Gasteiger partial charge in [0, 0.05) is 22.6 Å². The van der Waals surface area contributed by atoms with Gasteiger partial charge in [0.1, 0.15) is 5.70 Å². The highest BCUT2D eigenvalue weighted by Crippen LogP contribution is 2.52. The van der Waals surface area contributed by atoms with Crippen LogP contribution in [0.4, 0.5) is 0 Å². The van der Waals surface area contributed by atoms with Gasteiger partial charge < -0.3 is 25.7 Å². The summed E-state index contributed by atoms with van der Waals surface area (Å²) in [6, 6.07) is -0.244. The van der Waals surface area contributed by atoms with E-state index >= 15 is 0 Å². The largest absolute Gasteiger partial charge is 0.477 e. The molecule has 33 heavy (non-hydrogen) atoms. The Bertz CT molecular complexity index is 818. The maximum atomic E-state index is 12.5. The number of carboxylic acid groups (broad SMARTS) is 1. The third kappa shape index (κ3) is 4.94. The molecule has 4 N–H and O–H groups in total. The number of nitrogens with two attached hydrogens (primary N) is 1. The number of carbonyl (C=O) groups is 3. The number of amides is 2. The van der Waals surface area contributed by atoms with Gasteiger partial charge in [-0.2, -0.15) is 0 Å². The molecule has 3 saturated heterocycles. The number of fused-ring (bicyclic) bond motifs is 1. The quantitative estimate of drug-likeness (QED) is 0.430. The first-order valence-electron chi connectivity index (χ1n) is 12.1. The van der Waals surface area contributed by atoms with Crippen LogP contribution < -0.4 is 5.73 Å². The molecule has 184 valence electrons. The SMILES string of the molecule is C[C@@H](O)[C@H]1C(=O)N2C(C(=O)O)=C(SC3CCN(CC4CCN(CC(N)=O)CC4)CC3)[C@H](C)[C@H]12. The van der Waals surface area contributed by atoms with E-state index in [0.29, 0.717) is 17.7 Å². The van der Waals surface area contributed by atoms with Crippen LogP contribution in [-0.2, 0) is 14.4 Å². The standard InChI is InChI=1S/C23H36N4O5S/c1-13-19-18(14(2)28)22(30)27(19)20(23(31)32)21(13)33-16-5-9-25(10-6-16)11-15-3-7-26(8-4-15)12-17(24)29/h13-16,18-19,28H,3-12H2,1-2H3,(H2,24,29)(H,31,32)/t13-,14-,18-,19-/m1/s1. The minimum absolute atomic E-state index is 0.0676. The fourth-order valence-corrected chi connectivity index (χ4v) is 7.44. The van der Waals surface area contributed by atoms with Crippen molar-refractivity contribution in [2.24, 2.45) is 23.5 Å². The number of primary amides is 1. The Morgan fingerprint density at radius 3 is 2.27 bits per heavy atom. The van der Waals surface area contributed by atoms with Crippen molar-refractivity contribution in [3.63, 3.8) is 0 Å². The predicted molar refractivity (Wildman–Crippen MR) is 125 cm³/mol. The molecule has 2 amide bonds. The molecular weight excluding hydrogens is 444 g/mol. The second-order valence-electron chi connectivity index (χ2n) is 10.1. The molecule has 3 fully saturated rings. The van der Waals surface area contributed by atoms with Crippen LogP contribution in [0.2, 0.25) is 0 Å². The average molecular weight is 481 g/mol. The number of rotatable bonds is 8. The van der Waals surface area contributed by atoms with E-state index < -0.39 is 18.0 Å². The van der Waals surface area contributed by atoms with Crippen molar-refractivity contribution in [3.05, 3.63) is 10.6 Å². The zero-order valence-corrected chi connectivity index (χ0v) is 20.3. The Hall–Kier alpha value is -1.62. The molecule has 4 aliphatic heterocycles.